The Morgan fingerprint density at radius 3 is 2.42 bits per heavy atom. The number of carbonyl (C=O) groups excluding carboxylic acids is 1. The molecule has 1 aliphatic rings. The van der Waals surface area contributed by atoms with Crippen molar-refractivity contribution in [3.05, 3.63) is 84.9 Å². The molecule has 6 nitrogen and oxygen atoms in total. The summed E-state index contributed by atoms with van der Waals surface area (Å²) in [7, 11) is -3.99. The van der Waals surface area contributed by atoms with Crippen LogP contribution < -0.4 is 0 Å². The van der Waals surface area contributed by atoms with Gasteiger partial charge in [-0.15, -0.1) is 0 Å². The highest BCUT2D eigenvalue weighted by Crippen LogP contribution is 2.34. The molecule has 130 valence electrons. The highest BCUT2D eigenvalue weighted by atomic mass is 32.2. The molecule has 1 aromatic carbocycles. The standard InChI is InChI=1S/C19H14N2O4S/c22-15-6-9-19(23,10-7-15)18-12-14-8-11-20-13-17(14)21(18)26(24,25)16-4-2-1-3-5-16/h1-13,23H. The van der Waals surface area contributed by atoms with Crippen LogP contribution in [0.5, 0.6) is 0 Å². The van der Waals surface area contributed by atoms with E-state index in [1.807, 2.05) is 0 Å². The number of allylic oxidation sites excluding steroid dienone is 2. The molecule has 0 radical (unpaired) electrons. The molecular weight excluding hydrogens is 352 g/mol. The first kappa shape index (κ1) is 16.4. The molecule has 2 heterocycles. The highest BCUT2D eigenvalue weighted by molar-refractivity contribution is 7.90. The maximum atomic E-state index is 13.3. The third-order valence-corrected chi connectivity index (χ3v) is 6.00. The van der Waals surface area contributed by atoms with Gasteiger partial charge in [0, 0.05) is 11.6 Å². The molecule has 0 unspecified atom stereocenters. The number of pyridine rings is 1. The predicted octanol–water partition coefficient (Wildman–Crippen LogP) is 2.16. The third kappa shape index (κ3) is 2.49. The van der Waals surface area contributed by atoms with Crippen LogP contribution in [0.15, 0.2) is 84.1 Å². The zero-order chi connectivity index (χ0) is 18.4. The number of hydrogen-bond donors (Lipinski definition) is 1. The van der Waals surface area contributed by atoms with Gasteiger partial charge in [0.2, 0.25) is 0 Å². The van der Waals surface area contributed by atoms with E-state index in [1.54, 1.807) is 36.5 Å². The Bertz CT molecular complexity index is 1160. The highest BCUT2D eigenvalue weighted by Gasteiger charge is 2.34. The van der Waals surface area contributed by atoms with Gasteiger partial charge in [0.25, 0.3) is 10.0 Å². The van der Waals surface area contributed by atoms with E-state index >= 15 is 0 Å². The Hall–Kier alpha value is -3.03. The van der Waals surface area contributed by atoms with Gasteiger partial charge >= 0.3 is 0 Å². The molecule has 1 N–H and O–H groups in total. The van der Waals surface area contributed by atoms with Gasteiger partial charge in [-0.3, -0.25) is 9.78 Å². The number of fused-ring (bicyclic) bond motifs is 1. The first-order valence-corrected chi connectivity index (χ1v) is 9.27. The minimum Gasteiger partial charge on any atom is -0.376 e. The third-order valence-electron chi connectivity index (χ3n) is 4.26. The van der Waals surface area contributed by atoms with E-state index in [9.17, 15) is 18.3 Å². The lowest BCUT2D eigenvalue weighted by molar-refractivity contribution is -0.110. The summed E-state index contributed by atoms with van der Waals surface area (Å²) in [5.41, 5.74) is -1.27. The molecule has 26 heavy (non-hydrogen) atoms. The number of nitrogens with zero attached hydrogens (tertiary/aromatic N) is 2. The number of ketones is 1. The normalized spacial score (nSPS) is 16.3. The molecule has 0 amide bonds. The van der Waals surface area contributed by atoms with Crippen molar-refractivity contribution in [1.82, 2.24) is 8.96 Å². The van der Waals surface area contributed by atoms with Gasteiger partial charge < -0.3 is 5.11 Å². The van der Waals surface area contributed by atoms with Gasteiger partial charge in [-0.1, -0.05) is 18.2 Å². The zero-order valence-corrected chi connectivity index (χ0v) is 14.3. The van der Waals surface area contributed by atoms with Crippen molar-refractivity contribution in [2.75, 3.05) is 0 Å². The number of aliphatic hydroxyl groups is 1. The summed E-state index contributed by atoms with van der Waals surface area (Å²) in [6.45, 7) is 0. The Morgan fingerprint density at radius 1 is 1.04 bits per heavy atom. The maximum absolute atomic E-state index is 13.3. The summed E-state index contributed by atoms with van der Waals surface area (Å²) in [4.78, 5) is 15.5. The first-order chi connectivity index (χ1) is 12.4. The number of rotatable bonds is 3. The molecule has 0 aliphatic heterocycles. The molecule has 0 bridgehead atoms. The minimum atomic E-state index is -3.99. The largest absolute Gasteiger partial charge is 0.376 e. The van der Waals surface area contributed by atoms with Crippen molar-refractivity contribution in [3.63, 3.8) is 0 Å². The van der Waals surface area contributed by atoms with Crippen LogP contribution >= 0.6 is 0 Å². The van der Waals surface area contributed by atoms with E-state index in [0.717, 1.165) is 3.97 Å². The van der Waals surface area contributed by atoms with Gasteiger partial charge in [0.1, 0.15) is 5.60 Å². The lowest BCUT2D eigenvalue weighted by Crippen LogP contribution is -2.29. The van der Waals surface area contributed by atoms with Crippen molar-refractivity contribution >= 4 is 26.7 Å². The minimum absolute atomic E-state index is 0.0889. The smallest absolute Gasteiger partial charge is 0.268 e. The molecule has 3 aromatic rings. The summed E-state index contributed by atoms with van der Waals surface area (Å²) in [6.07, 6.45) is 7.99. The van der Waals surface area contributed by atoms with Crippen molar-refractivity contribution in [1.29, 1.82) is 0 Å². The molecule has 4 rings (SSSR count). The van der Waals surface area contributed by atoms with E-state index in [1.165, 1.54) is 42.6 Å². The second-order valence-electron chi connectivity index (χ2n) is 5.94. The average molecular weight is 366 g/mol. The van der Waals surface area contributed by atoms with Crippen LogP contribution in [0.1, 0.15) is 5.69 Å². The Kier molecular flexibility index (Phi) is 3.64. The summed E-state index contributed by atoms with van der Waals surface area (Å²) in [5.74, 6) is -0.273. The molecule has 7 heteroatoms. The molecule has 0 atom stereocenters. The summed E-state index contributed by atoms with van der Waals surface area (Å²) in [5, 5.41) is 11.6. The fourth-order valence-electron chi connectivity index (χ4n) is 2.96. The fourth-order valence-corrected chi connectivity index (χ4v) is 4.54. The second kappa shape index (κ2) is 5.76. The van der Waals surface area contributed by atoms with Crippen LogP contribution in [0.2, 0.25) is 0 Å². The number of carbonyl (C=O) groups is 1. The van der Waals surface area contributed by atoms with E-state index in [2.05, 4.69) is 4.98 Å². The first-order valence-electron chi connectivity index (χ1n) is 7.83. The van der Waals surface area contributed by atoms with E-state index in [4.69, 9.17) is 0 Å². The zero-order valence-electron chi connectivity index (χ0n) is 13.5. The van der Waals surface area contributed by atoms with Crippen molar-refractivity contribution in [3.8, 4) is 0 Å². The van der Waals surface area contributed by atoms with E-state index < -0.39 is 15.6 Å². The lowest BCUT2D eigenvalue weighted by atomic mass is 9.94. The molecule has 0 saturated heterocycles. The van der Waals surface area contributed by atoms with Gasteiger partial charge in [-0.2, -0.15) is 0 Å². The van der Waals surface area contributed by atoms with Gasteiger partial charge in [0.15, 0.2) is 5.78 Å². The number of hydrogen-bond acceptors (Lipinski definition) is 5. The summed E-state index contributed by atoms with van der Waals surface area (Å²) in [6, 6.07) is 11.2. The van der Waals surface area contributed by atoms with Gasteiger partial charge in [0.05, 0.1) is 22.3 Å². The summed E-state index contributed by atoms with van der Waals surface area (Å²) >= 11 is 0. The second-order valence-corrected chi connectivity index (χ2v) is 7.73. The van der Waals surface area contributed by atoms with E-state index in [-0.39, 0.29) is 16.4 Å². The average Bonchev–Trinajstić information content (AvgIpc) is 3.06. The maximum Gasteiger partial charge on any atom is 0.268 e. The molecule has 0 fully saturated rings. The van der Waals surface area contributed by atoms with Crippen molar-refractivity contribution < 1.29 is 18.3 Å². The summed E-state index contributed by atoms with van der Waals surface area (Å²) < 4.78 is 27.7. The van der Waals surface area contributed by atoms with Gasteiger partial charge in [-0.25, -0.2) is 12.4 Å². The molecular formula is C19H14N2O4S. The molecule has 0 spiro atoms. The molecule has 1 aliphatic carbocycles. The SMILES string of the molecule is O=C1C=CC(O)(c2cc3ccncc3n2S(=O)(=O)c2ccccc2)C=C1. The monoisotopic (exact) mass is 366 g/mol. The van der Waals surface area contributed by atoms with Crippen LogP contribution in [0, 0.1) is 0 Å². The fraction of sp³-hybridized carbons (Fsp3) is 0.0526. The lowest BCUT2D eigenvalue weighted by Gasteiger charge is -2.24. The number of aromatic nitrogens is 2. The Morgan fingerprint density at radius 2 is 1.73 bits per heavy atom. The van der Waals surface area contributed by atoms with Crippen LogP contribution in [-0.2, 0) is 20.4 Å². The van der Waals surface area contributed by atoms with Crippen LogP contribution in [0.25, 0.3) is 10.9 Å². The number of benzene rings is 1. The predicted molar refractivity (Wildman–Crippen MR) is 95.9 cm³/mol. The quantitative estimate of drug-likeness (QED) is 0.767. The Balaban J connectivity index is 2.05. The van der Waals surface area contributed by atoms with Crippen molar-refractivity contribution in [2.45, 2.75) is 10.5 Å². The Labute approximate surface area is 149 Å². The van der Waals surface area contributed by atoms with Crippen LogP contribution in [-0.4, -0.2) is 28.3 Å². The molecule has 2 aromatic heterocycles. The molecule has 0 saturated carbocycles. The van der Waals surface area contributed by atoms with Crippen molar-refractivity contribution in [2.24, 2.45) is 0 Å². The van der Waals surface area contributed by atoms with E-state index in [0.29, 0.717) is 10.9 Å². The van der Waals surface area contributed by atoms with Gasteiger partial charge in [-0.05, 0) is 48.6 Å². The topological polar surface area (TPSA) is 89.3 Å². The van der Waals surface area contributed by atoms with Crippen LogP contribution in [0.4, 0.5) is 0 Å². The van der Waals surface area contributed by atoms with Crippen LogP contribution in [0.3, 0.4) is 0 Å².